The first kappa shape index (κ1) is 28.8. The summed E-state index contributed by atoms with van der Waals surface area (Å²) < 4.78 is 0.994. The summed E-state index contributed by atoms with van der Waals surface area (Å²) in [7, 11) is 0. The topological polar surface area (TPSA) is 69.6 Å². The van der Waals surface area contributed by atoms with Crippen LogP contribution < -0.4 is 5.32 Å². The largest absolute Gasteiger partial charge is 0.478 e. The van der Waals surface area contributed by atoms with Crippen LogP contribution in [0.3, 0.4) is 0 Å². The van der Waals surface area contributed by atoms with Crippen LogP contribution in [0.5, 0.6) is 0 Å². The molecule has 1 aliphatic rings. The summed E-state index contributed by atoms with van der Waals surface area (Å²) in [5.74, 6) is -1.09. The van der Waals surface area contributed by atoms with E-state index in [1.807, 2.05) is 61.5 Å². The van der Waals surface area contributed by atoms with Crippen LogP contribution >= 0.6 is 15.9 Å². The molecule has 2 N–H and O–H groups in total. The minimum absolute atomic E-state index is 0.147. The van der Waals surface area contributed by atoms with E-state index in [1.165, 1.54) is 0 Å². The van der Waals surface area contributed by atoms with E-state index in [1.54, 1.807) is 24.3 Å². The summed E-state index contributed by atoms with van der Waals surface area (Å²) in [6.07, 6.45) is 5.35. The standard InChI is InChI=1S/C34H33BrN2O3/c1-5-8-28(33(38)36-23(3)25-15-17-31(35)18-16-25)19-30-21-37(24(4)22(30)2)20-29-9-6-7-10-32(29)26-11-13-27(14-12-26)34(39)40/h5-19,23H,1,20-21H2,2-4H3,(H,36,38)(H,39,40)/b28-8+,30-19+/t23-/m0/s1. The predicted octanol–water partition coefficient (Wildman–Crippen LogP) is 7.84. The van der Waals surface area contributed by atoms with Crippen molar-refractivity contribution in [1.82, 2.24) is 10.2 Å². The number of halogens is 1. The van der Waals surface area contributed by atoms with Gasteiger partial charge in [-0.2, -0.15) is 0 Å². The van der Waals surface area contributed by atoms with E-state index in [-0.39, 0.29) is 17.5 Å². The van der Waals surface area contributed by atoms with Crippen LogP contribution in [0.4, 0.5) is 0 Å². The number of rotatable bonds is 9. The summed E-state index contributed by atoms with van der Waals surface area (Å²) in [4.78, 5) is 26.8. The first-order chi connectivity index (χ1) is 19.2. The van der Waals surface area contributed by atoms with Gasteiger partial charge in [-0.1, -0.05) is 83.2 Å². The molecule has 1 atom stereocenters. The summed E-state index contributed by atoms with van der Waals surface area (Å²) in [5.41, 5.74) is 8.42. The van der Waals surface area contributed by atoms with Gasteiger partial charge in [0.2, 0.25) is 0 Å². The van der Waals surface area contributed by atoms with Crippen LogP contribution in [0, 0.1) is 0 Å². The minimum atomic E-state index is -0.936. The fraction of sp³-hybridized carbons (Fsp3) is 0.176. The molecule has 0 fully saturated rings. The number of hydrogen-bond acceptors (Lipinski definition) is 3. The number of hydrogen-bond donors (Lipinski definition) is 2. The number of carboxylic acids is 1. The maximum atomic E-state index is 13.3. The van der Waals surface area contributed by atoms with E-state index in [4.69, 9.17) is 0 Å². The van der Waals surface area contributed by atoms with Crippen molar-refractivity contribution in [3.63, 3.8) is 0 Å². The molecule has 1 amide bonds. The van der Waals surface area contributed by atoms with Gasteiger partial charge in [0, 0.05) is 28.8 Å². The lowest BCUT2D eigenvalue weighted by Crippen LogP contribution is -2.27. The fourth-order valence-electron chi connectivity index (χ4n) is 4.80. The Hall–Kier alpha value is -4.16. The van der Waals surface area contributed by atoms with Gasteiger partial charge >= 0.3 is 5.97 Å². The van der Waals surface area contributed by atoms with Crippen molar-refractivity contribution in [2.45, 2.75) is 33.4 Å². The van der Waals surface area contributed by atoms with Crippen molar-refractivity contribution >= 4 is 27.8 Å². The second-order valence-electron chi connectivity index (χ2n) is 9.88. The summed E-state index contributed by atoms with van der Waals surface area (Å²) >= 11 is 3.45. The van der Waals surface area contributed by atoms with Gasteiger partial charge in [0.1, 0.15) is 0 Å². The highest BCUT2D eigenvalue weighted by Gasteiger charge is 2.23. The van der Waals surface area contributed by atoms with E-state index in [0.29, 0.717) is 18.7 Å². The first-order valence-corrected chi connectivity index (χ1v) is 13.9. The Morgan fingerprint density at radius 2 is 1.73 bits per heavy atom. The lowest BCUT2D eigenvalue weighted by molar-refractivity contribution is -0.117. The zero-order valence-electron chi connectivity index (χ0n) is 22.9. The highest BCUT2D eigenvalue weighted by molar-refractivity contribution is 9.10. The molecule has 1 heterocycles. The molecule has 5 nitrogen and oxygen atoms in total. The van der Waals surface area contributed by atoms with Crippen LogP contribution in [-0.4, -0.2) is 28.4 Å². The van der Waals surface area contributed by atoms with Crippen molar-refractivity contribution in [3.8, 4) is 11.1 Å². The van der Waals surface area contributed by atoms with Crippen LogP contribution in [0.25, 0.3) is 11.1 Å². The molecule has 3 aromatic carbocycles. The van der Waals surface area contributed by atoms with Crippen molar-refractivity contribution in [2.75, 3.05) is 6.54 Å². The second kappa shape index (κ2) is 12.8. The number of carbonyl (C=O) groups excluding carboxylic acids is 1. The second-order valence-corrected chi connectivity index (χ2v) is 10.8. The number of carboxylic acid groups (broad SMARTS) is 1. The summed E-state index contributed by atoms with van der Waals surface area (Å²) in [5, 5.41) is 12.4. The Balaban J connectivity index is 1.53. The quantitative estimate of drug-likeness (QED) is 0.195. The number of nitrogens with zero attached hydrogens (tertiary/aromatic N) is 1. The highest BCUT2D eigenvalue weighted by Crippen LogP contribution is 2.32. The molecule has 0 aromatic heterocycles. The fourth-order valence-corrected chi connectivity index (χ4v) is 5.06. The van der Waals surface area contributed by atoms with Crippen molar-refractivity contribution < 1.29 is 14.7 Å². The molecule has 0 saturated carbocycles. The lowest BCUT2D eigenvalue weighted by atomic mass is 9.98. The average Bonchev–Trinajstić information content (AvgIpc) is 3.21. The third kappa shape index (κ3) is 6.69. The van der Waals surface area contributed by atoms with E-state index < -0.39 is 5.97 Å². The minimum Gasteiger partial charge on any atom is -0.478 e. The van der Waals surface area contributed by atoms with E-state index in [0.717, 1.165) is 43.6 Å². The normalized spacial score (nSPS) is 15.3. The molecule has 0 radical (unpaired) electrons. The third-order valence-corrected chi connectivity index (χ3v) is 7.82. The third-order valence-electron chi connectivity index (χ3n) is 7.29. The Morgan fingerprint density at radius 1 is 1.05 bits per heavy atom. The number of carbonyl (C=O) groups is 2. The molecule has 0 aliphatic carbocycles. The van der Waals surface area contributed by atoms with E-state index >= 15 is 0 Å². The molecule has 0 unspecified atom stereocenters. The van der Waals surface area contributed by atoms with Gasteiger partial charge in [0.15, 0.2) is 0 Å². The monoisotopic (exact) mass is 596 g/mol. The zero-order valence-corrected chi connectivity index (χ0v) is 24.5. The number of amides is 1. The first-order valence-electron chi connectivity index (χ1n) is 13.1. The number of benzene rings is 3. The van der Waals surface area contributed by atoms with Gasteiger partial charge in [-0.15, -0.1) is 0 Å². The van der Waals surface area contributed by atoms with Gasteiger partial charge < -0.3 is 15.3 Å². The average molecular weight is 598 g/mol. The Bertz CT molecular complexity index is 1520. The SMILES string of the molecule is C=C/C=C(\C=C1/CN(Cc2ccccc2-c2ccc(C(=O)O)cc2)C(C)=C1C)C(=O)N[C@@H](C)c1ccc(Br)cc1. The zero-order chi connectivity index (χ0) is 28.8. The van der Waals surface area contributed by atoms with Crippen molar-refractivity contribution in [1.29, 1.82) is 0 Å². The molecule has 0 saturated heterocycles. The molecule has 3 aromatic rings. The number of nitrogens with one attached hydrogen (secondary N) is 1. The molecular formula is C34H33BrN2O3. The Kier molecular flexibility index (Phi) is 9.22. The molecule has 4 rings (SSSR count). The lowest BCUT2D eigenvalue weighted by Gasteiger charge is -2.22. The molecule has 6 heteroatoms. The van der Waals surface area contributed by atoms with Gasteiger partial charge in [-0.3, -0.25) is 4.79 Å². The maximum absolute atomic E-state index is 13.3. The van der Waals surface area contributed by atoms with E-state index in [9.17, 15) is 14.7 Å². The highest BCUT2D eigenvalue weighted by atomic mass is 79.9. The molecular weight excluding hydrogens is 564 g/mol. The number of allylic oxidation sites excluding steroid dienone is 3. The van der Waals surface area contributed by atoms with Gasteiger partial charge in [0.05, 0.1) is 11.6 Å². The van der Waals surface area contributed by atoms with Crippen LogP contribution in [0.15, 0.2) is 124 Å². The van der Waals surface area contributed by atoms with Crippen LogP contribution in [0.1, 0.15) is 48.3 Å². The van der Waals surface area contributed by atoms with Crippen molar-refractivity contribution in [2.24, 2.45) is 0 Å². The predicted molar refractivity (Wildman–Crippen MR) is 165 cm³/mol. The molecule has 0 bridgehead atoms. The molecule has 0 spiro atoms. The van der Waals surface area contributed by atoms with Crippen LogP contribution in [-0.2, 0) is 11.3 Å². The van der Waals surface area contributed by atoms with Gasteiger partial charge in [-0.05, 0) is 84.5 Å². The molecule has 204 valence electrons. The Morgan fingerprint density at radius 3 is 2.38 bits per heavy atom. The maximum Gasteiger partial charge on any atom is 0.335 e. The van der Waals surface area contributed by atoms with E-state index in [2.05, 4.69) is 58.7 Å². The van der Waals surface area contributed by atoms with Gasteiger partial charge in [-0.25, -0.2) is 4.79 Å². The summed E-state index contributed by atoms with van der Waals surface area (Å²) in [6.45, 7) is 11.3. The number of aromatic carboxylic acids is 1. The Labute approximate surface area is 244 Å². The summed E-state index contributed by atoms with van der Waals surface area (Å²) in [6, 6.07) is 22.9. The van der Waals surface area contributed by atoms with Gasteiger partial charge in [0.25, 0.3) is 5.91 Å². The molecule has 1 aliphatic heterocycles. The van der Waals surface area contributed by atoms with Crippen LogP contribution in [0.2, 0.25) is 0 Å². The molecule has 40 heavy (non-hydrogen) atoms. The van der Waals surface area contributed by atoms with Crippen molar-refractivity contribution in [3.05, 3.63) is 141 Å². The smallest absolute Gasteiger partial charge is 0.335 e.